The smallest absolute Gasteiger partial charge is 0.320 e. The maximum absolute atomic E-state index is 11.9. The van der Waals surface area contributed by atoms with Gasteiger partial charge in [-0.2, -0.15) is 0 Å². The van der Waals surface area contributed by atoms with Crippen LogP contribution in [0.5, 0.6) is 11.8 Å². The third kappa shape index (κ3) is 5.22. The Balaban J connectivity index is 2.06. The number of urea groups is 1. The molecule has 0 saturated heterocycles. The summed E-state index contributed by atoms with van der Waals surface area (Å²) in [4.78, 5) is 24.6. The zero-order valence-corrected chi connectivity index (χ0v) is 18.1. The fourth-order valence-corrected chi connectivity index (χ4v) is 2.95. The molecule has 0 bridgehead atoms. The lowest BCUT2D eigenvalue weighted by Crippen LogP contribution is -2.36. The number of rotatable bonds is 8. The summed E-state index contributed by atoms with van der Waals surface area (Å²) in [5, 5.41) is 8.35. The number of ether oxygens (including phenoxy) is 2. The Labute approximate surface area is 185 Å². The Morgan fingerprint density at radius 2 is 1.84 bits per heavy atom. The van der Waals surface area contributed by atoms with Crippen LogP contribution in [-0.4, -0.2) is 41.7 Å². The number of nitrogens with two attached hydrogens (primary N) is 1. The summed E-state index contributed by atoms with van der Waals surface area (Å²) in [5.41, 5.74) is 10.2. The second-order valence-electron chi connectivity index (χ2n) is 6.62. The average molecular weight is 435 g/mol. The zero-order valence-electron chi connectivity index (χ0n) is 18.1. The van der Waals surface area contributed by atoms with Gasteiger partial charge in [-0.1, -0.05) is 6.58 Å². The minimum atomic E-state index is -0.378. The molecular weight excluding hydrogens is 410 g/mol. The predicted octanol–water partition coefficient (Wildman–Crippen LogP) is 3.01. The van der Waals surface area contributed by atoms with Gasteiger partial charge < -0.3 is 25.8 Å². The van der Waals surface area contributed by atoms with E-state index < -0.39 is 0 Å². The molecule has 0 fully saturated rings. The third-order valence-electron chi connectivity index (χ3n) is 4.43. The number of nitrogens with one attached hydrogen (secondary N) is 3. The van der Waals surface area contributed by atoms with Crippen LogP contribution in [0.1, 0.15) is 6.92 Å². The highest BCUT2D eigenvalue weighted by Gasteiger charge is 2.16. The first-order chi connectivity index (χ1) is 15.4. The zero-order chi connectivity index (χ0) is 23.1. The Morgan fingerprint density at radius 1 is 1.09 bits per heavy atom. The molecule has 3 rings (SSSR count). The van der Waals surface area contributed by atoms with Crippen molar-refractivity contribution in [2.24, 2.45) is 0 Å². The summed E-state index contributed by atoms with van der Waals surface area (Å²) in [6.07, 6.45) is 4.93. The number of carbonyl (C=O) groups is 1. The van der Waals surface area contributed by atoms with E-state index in [2.05, 4.69) is 37.5 Å². The largest absolute Gasteiger partial charge is 0.497 e. The quantitative estimate of drug-likeness (QED) is 0.396. The van der Waals surface area contributed by atoms with Crippen molar-refractivity contribution in [1.82, 2.24) is 25.6 Å². The lowest BCUT2D eigenvalue weighted by Gasteiger charge is -2.18. The molecule has 32 heavy (non-hydrogen) atoms. The van der Waals surface area contributed by atoms with Gasteiger partial charge in [-0.05, 0) is 30.7 Å². The highest BCUT2D eigenvalue weighted by atomic mass is 16.5. The van der Waals surface area contributed by atoms with E-state index >= 15 is 0 Å². The number of pyridine rings is 1. The normalized spacial score (nSPS) is 10.2. The van der Waals surface area contributed by atoms with E-state index in [-0.39, 0.29) is 17.9 Å². The molecule has 0 atom stereocenters. The number of methoxy groups -OCH3 is 2. The lowest BCUT2D eigenvalue weighted by atomic mass is 9.99. The van der Waals surface area contributed by atoms with E-state index in [1.54, 1.807) is 43.9 Å². The monoisotopic (exact) mass is 435 g/mol. The minimum absolute atomic E-state index is 0.257. The van der Waals surface area contributed by atoms with E-state index in [4.69, 9.17) is 15.2 Å². The number of anilines is 2. The molecule has 2 heterocycles. The minimum Gasteiger partial charge on any atom is -0.497 e. The number of hydrogen-bond acceptors (Lipinski definition) is 8. The van der Waals surface area contributed by atoms with Crippen LogP contribution in [0.25, 0.3) is 22.4 Å². The standard InChI is InChI=1S/C22H25N7O3/c1-5-24-21(30)29-13(2)28-20-17(19-10-16(31-3)6-7-25-19)8-14(9-18(20)23)15-11-26-22(32-4)27-12-15/h6-12,28H,2,5,23H2,1,3-4H3,(H2,24,29,30). The maximum atomic E-state index is 11.9. The number of nitrogens with zero attached hydrogens (tertiary/aromatic N) is 3. The summed E-state index contributed by atoms with van der Waals surface area (Å²) in [6, 6.07) is 7.09. The molecule has 0 spiro atoms. The number of aromatic nitrogens is 3. The van der Waals surface area contributed by atoms with E-state index in [1.807, 2.05) is 13.0 Å². The van der Waals surface area contributed by atoms with E-state index in [9.17, 15) is 4.79 Å². The number of benzene rings is 1. The summed E-state index contributed by atoms with van der Waals surface area (Å²) >= 11 is 0. The van der Waals surface area contributed by atoms with Crippen LogP contribution in [0, 0.1) is 0 Å². The Hall–Kier alpha value is -4.34. The van der Waals surface area contributed by atoms with Crippen LogP contribution in [0.2, 0.25) is 0 Å². The fourth-order valence-electron chi connectivity index (χ4n) is 2.95. The molecule has 3 aromatic rings. The highest BCUT2D eigenvalue weighted by molar-refractivity contribution is 5.91. The van der Waals surface area contributed by atoms with Crippen molar-refractivity contribution < 1.29 is 14.3 Å². The molecule has 0 unspecified atom stereocenters. The van der Waals surface area contributed by atoms with Crippen LogP contribution < -0.4 is 31.2 Å². The van der Waals surface area contributed by atoms with Crippen LogP contribution in [-0.2, 0) is 0 Å². The van der Waals surface area contributed by atoms with E-state index in [0.717, 1.165) is 11.1 Å². The molecule has 0 radical (unpaired) electrons. The van der Waals surface area contributed by atoms with Crippen molar-refractivity contribution in [1.29, 1.82) is 0 Å². The third-order valence-corrected chi connectivity index (χ3v) is 4.43. The predicted molar refractivity (Wildman–Crippen MR) is 123 cm³/mol. The summed E-state index contributed by atoms with van der Waals surface area (Å²) in [6.45, 7) is 6.17. The maximum Gasteiger partial charge on any atom is 0.320 e. The number of amides is 2. The molecule has 0 saturated carbocycles. The molecule has 5 N–H and O–H groups in total. The van der Waals surface area contributed by atoms with E-state index in [0.29, 0.717) is 34.9 Å². The molecular formula is C22H25N7O3. The van der Waals surface area contributed by atoms with Crippen molar-refractivity contribution in [3.8, 4) is 34.1 Å². The van der Waals surface area contributed by atoms with Gasteiger partial charge in [-0.25, -0.2) is 14.8 Å². The van der Waals surface area contributed by atoms with Gasteiger partial charge in [-0.3, -0.25) is 10.3 Å². The second-order valence-corrected chi connectivity index (χ2v) is 6.62. The lowest BCUT2D eigenvalue weighted by molar-refractivity contribution is 0.244. The first-order valence-electron chi connectivity index (χ1n) is 9.76. The van der Waals surface area contributed by atoms with Gasteiger partial charge in [-0.15, -0.1) is 0 Å². The van der Waals surface area contributed by atoms with Gasteiger partial charge in [0.2, 0.25) is 0 Å². The van der Waals surface area contributed by atoms with Gasteiger partial charge in [0.05, 0.1) is 31.3 Å². The van der Waals surface area contributed by atoms with Gasteiger partial charge >= 0.3 is 12.0 Å². The molecule has 2 aromatic heterocycles. The van der Waals surface area contributed by atoms with Gasteiger partial charge in [0.25, 0.3) is 0 Å². The van der Waals surface area contributed by atoms with Crippen LogP contribution >= 0.6 is 0 Å². The van der Waals surface area contributed by atoms with E-state index in [1.165, 1.54) is 7.11 Å². The summed E-state index contributed by atoms with van der Waals surface area (Å²) < 4.78 is 10.4. The van der Waals surface area contributed by atoms with Gasteiger partial charge in [0.15, 0.2) is 0 Å². The number of nitrogen functional groups attached to an aromatic ring is 1. The fraction of sp³-hybridized carbons (Fsp3) is 0.182. The molecule has 10 heteroatoms. The number of hydrogen-bond donors (Lipinski definition) is 4. The van der Waals surface area contributed by atoms with Crippen molar-refractivity contribution in [2.45, 2.75) is 6.92 Å². The Kier molecular flexibility index (Phi) is 7.06. The molecule has 0 aliphatic heterocycles. The molecule has 166 valence electrons. The summed E-state index contributed by atoms with van der Waals surface area (Å²) in [7, 11) is 3.08. The Morgan fingerprint density at radius 3 is 2.50 bits per heavy atom. The van der Waals surface area contributed by atoms with Crippen LogP contribution in [0.4, 0.5) is 16.2 Å². The number of carbonyl (C=O) groups excluding carboxylic acids is 1. The van der Waals surface area contributed by atoms with Crippen molar-refractivity contribution >= 4 is 17.4 Å². The van der Waals surface area contributed by atoms with Crippen LogP contribution in [0.3, 0.4) is 0 Å². The van der Waals surface area contributed by atoms with Crippen molar-refractivity contribution in [3.05, 3.63) is 55.3 Å². The molecule has 10 nitrogen and oxygen atoms in total. The summed E-state index contributed by atoms with van der Waals surface area (Å²) in [5.74, 6) is 0.893. The molecule has 0 aliphatic rings. The van der Waals surface area contributed by atoms with Crippen molar-refractivity contribution in [2.75, 3.05) is 31.8 Å². The van der Waals surface area contributed by atoms with Crippen LogP contribution in [0.15, 0.2) is 55.3 Å². The Bertz CT molecular complexity index is 1120. The molecule has 2 amide bonds. The average Bonchev–Trinajstić information content (AvgIpc) is 2.80. The topological polar surface area (TPSA) is 136 Å². The first-order valence-corrected chi connectivity index (χ1v) is 9.76. The van der Waals surface area contributed by atoms with Crippen molar-refractivity contribution in [3.63, 3.8) is 0 Å². The SMILES string of the molecule is C=C(NC(=O)NCC)Nc1c(N)cc(-c2cnc(OC)nc2)cc1-c1cc(OC)ccn1. The second kappa shape index (κ2) is 10.1. The molecule has 0 aliphatic carbocycles. The first kappa shape index (κ1) is 22.3. The molecule has 1 aromatic carbocycles. The van der Waals surface area contributed by atoms with Gasteiger partial charge in [0, 0.05) is 42.3 Å². The van der Waals surface area contributed by atoms with Gasteiger partial charge in [0.1, 0.15) is 11.6 Å². The highest BCUT2D eigenvalue weighted by Crippen LogP contribution is 2.38.